The summed E-state index contributed by atoms with van der Waals surface area (Å²) in [5, 5.41) is 5.27. The van der Waals surface area contributed by atoms with E-state index >= 15 is 0 Å². The van der Waals surface area contributed by atoms with E-state index in [0.29, 0.717) is 5.75 Å². The van der Waals surface area contributed by atoms with E-state index in [-0.39, 0.29) is 24.6 Å². The maximum absolute atomic E-state index is 12.6. The van der Waals surface area contributed by atoms with Crippen molar-refractivity contribution in [3.63, 3.8) is 0 Å². The van der Waals surface area contributed by atoms with E-state index < -0.39 is 0 Å². The molecule has 1 aliphatic heterocycles. The van der Waals surface area contributed by atoms with Crippen LogP contribution in [0.3, 0.4) is 0 Å². The fourth-order valence-electron chi connectivity index (χ4n) is 4.29. The summed E-state index contributed by atoms with van der Waals surface area (Å²) >= 11 is 1.74. The Morgan fingerprint density at radius 3 is 2.33 bits per heavy atom. The predicted molar refractivity (Wildman–Crippen MR) is 133 cm³/mol. The van der Waals surface area contributed by atoms with E-state index in [2.05, 4.69) is 51.7 Å². The van der Waals surface area contributed by atoms with Crippen LogP contribution in [0.15, 0.2) is 72.1 Å². The third kappa shape index (κ3) is 6.06. The molecule has 1 saturated heterocycles. The van der Waals surface area contributed by atoms with Gasteiger partial charge < -0.3 is 19.7 Å². The topological polar surface area (TPSA) is 54.0 Å². The van der Waals surface area contributed by atoms with Gasteiger partial charge in [0, 0.05) is 42.8 Å². The van der Waals surface area contributed by atoms with Crippen molar-refractivity contribution < 1.29 is 14.3 Å². The molecule has 7 heteroatoms. The van der Waals surface area contributed by atoms with Crippen molar-refractivity contribution in [2.45, 2.75) is 19.0 Å². The van der Waals surface area contributed by atoms with Crippen LogP contribution in [-0.2, 0) is 4.79 Å². The average Bonchev–Trinajstić information content (AvgIpc) is 3.38. The van der Waals surface area contributed by atoms with Gasteiger partial charge in [0.2, 0.25) is 0 Å². The molecule has 1 aromatic heterocycles. The molecule has 0 spiro atoms. The summed E-state index contributed by atoms with van der Waals surface area (Å²) in [6.45, 7) is 5.82. The van der Waals surface area contributed by atoms with Gasteiger partial charge in [0.25, 0.3) is 5.91 Å². The van der Waals surface area contributed by atoms with Crippen molar-refractivity contribution in [2.24, 2.45) is 0 Å². The number of ether oxygens (including phenoxy) is 2. The molecule has 1 aliphatic rings. The van der Waals surface area contributed by atoms with Crippen LogP contribution < -0.4 is 19.7 Å². The molecule has 6 nitrogen and oxygen atoms in total. The van der Waals surface area contributed by atoms with Gasteiger partial charge in [-0.05, 0) is 54.8 Å². The van der Waals surface area contributed by atoms with Gasteiger partial charge in [0.15, 0.2) is 6.61 Å². The minimum atomic E-state index is -0.107. The molecule has 0 radical (unpaired) electrons. The number of rotatable bonds is 9. The number of nitrogens with zero attached hydrogens (tertiary/aromatic N) is 2. The Morgan fingerprint density at radius 1 is 0.970 bits per heavy atom. The monoisotopic (exact) mass is 465 g/mol. The maximum Gasteiger partial charge on any atom is 0.258 e. The first-order valence-corrected chi connectivity index (χ1v) is 12.2. The lowest BCUT2D eigenvalue weighted by atomic mass is 10.0. The molecule has 2 heterocycles. The molecule has 1 N–H and O–H groups in total. The molecule has 4 rings (SSSR count). The van der Waals surface area contributed by atoms with Crippen LogP contribution in [-0.4, -0.2) is 56.7 Å². The largest absolute Gasteiger partial charge is 0.497 e. The number of benzene rings is 2. The zero-order valence-corrected chi connectivity index (χ0v) is 20.0. The van der Waals surface area contributed by atoms with Crippen LogP contribution in [0, 0.1) is 0 Å². The molecule has 174 valence electrons. The van der Waals surface area contributed by atoms with Gasteiger partial charge in [0.05, 0.1) is 13.2 Å². The highest BCUT2D eigenvalue weighted by atomic mass is 32.1. The van der Waals surface area contributed by atoms with Gasteiger partial charge in [-0.2, -0.15) is 0 Å². The SMILES string of the molecule is COc1ccc(N2CCN([C@H](c3cccs3)[C@@H](C)NC(=O)COc3ccccc3)CC2)cc1. The average molecular weight is 466 g/mol. The minimum absolute atomic E-state index is 0.0107. The Hall–Kier alpha value is -3.03. The third-order valence-electron chi connectivity index (χ3n) is 5.96. The van der Waals surface area contributed by atoms with Gasteiger partial charge in [-0.15, -0.1) is 11.3 Å². The lowest BCUT2D eigenvalue weighted by Crippen LogP contribution is -2.52. The highest BCUT2D eigenvalue weighted by Crippen LogP contribution is 2.30. The Morgan fingerprint density at radius 2 is 1.70 bits per heavy atom. The van der Waals surface area contributed by atoms with E-state index in [4.69, 9.17) is 9.47 Å². The van der Waals surface area contributed by atoms with Gasteiger partial charge in [-0.25, -0.2) is 0 Å². The summed E-state index contributed by atoms with van der Waals surface area (Å²) in [7, 11) is 1.69. The molecule has 0 saturated carbocycles. The Kier molecular flexibility index (Phi) is 7.86. The highest BCUT2D eigenvalue weighted by Gasteiger charge is 2.31. The van der Waals surface area contributed by atoms with Crippen LogP contribution in [0.2, 0.25) is 0 Å². The van der Waals surface area contributed by atoms with E-state index in [1.54, 1.807) is 18.4 Å². The van der Waals surface area contributed by atoms with E-state index in [9.17, 15) is 4.79 Å². The predicted octanol–water partition coefficient (Wildman–Crippen LogP) is 4.20. The molecule has 1 amide bonds. The lowest BCUT2D eigenvalue weighted by molar-refractivity contribution is -0.124. The van der Waals surface area contributed by atoms with Crippen molar-refractivity contribution in [2.75, 3.05) is 44.8 Å². The number of para-hydroxylation sites is 1. The number of amides is 1. The third-order valence-corrected chi connectivity index (χ3v) is 6.90. The normalized spacial score (nSPS) is 16.1. The second kappa shape index (κ2) is 11.2. The molecule has 2 aromatic carbocycles. The number of carbonyl (C=O) groups is 1. The number of hydrogen-bond donors (Lipinski definition) is 1. The second-order valence-corrected chi connectivity index (χ2v) is 9.12. The number of nitrogens with one attached hydrogen (secondary N) is 1. The highest BCUT2D eigenvalue weighted by molar-refractivity contribution is 7.10. The van der Waals surface area contributed by atoms with E-state index in [1.807, 2.05) is 42.5 Å². The van der Waals surface area contributed by atoms with Crippen LogP contribution >= 0.6 is 11.3 Å². The smallest absolute Gasteiger partial charge is 0.258 e. The first kappa shape index (κ1) is 23.1. The van der Waals surface area contributed by atoms with Crippen LogP contribution in [0.5, 0.6) is 11.5 Å². The number of anilines is 1. The number of piperazine rings is 1. The van der Waals surface area contributed by atoms with Crippen molar-refractivity contribution >= 4 is 22.9 Å². The molecule has 3 aromatic rings. The molecule has 0 bridgehead atoms. The summed E-state index contributed by atoms with van der Waals surface area (Å²) in [5.41, 5.74) is 1.21. The number of hydrogen-bond acceptors (Lipinski definition) is 6. The number of methoxy groups -OCH3 is 1. The first-order valence-electron chi connectivity index (χ1n) is 11.3. The summed E-state index contributed by atoms with van der Waals surface area (Å²) in [6, 6.07) is 22.0. The zero-order valence-electron chi connectivity index (χ0n) is 19.1. The quantitative estimate of drug-likeness (QED) is 0.513. The van der Waals surface area contributed by atoms with Crippen LogP contribution in [0.25, 0.3) is 0 Å². The van der Waals surface area contributed by atoms with Crippen molar-refractivity contribution in [1.29, 1.82) is 0 Å². The van der Waals surface area contributed by atoms with Crippen molar-refractivity contribution in [1.82, 2.24) is 10.2 Å². The molecule has 1 fully saturated rings. The molecule has 2 atom stereocenters. The lowest BCUT2D eigenvalue weighted by Gasteiger charge is -2.42. The summed E-state index contributed by atoms with van der Waals surface area (Å²) in [4.78, 5) is 18.8. The zero-order chi connectivity index (χ0) is 23.0. The molecule has 33 heavy (non-hydrogen) atoms. The summed E-state index contributed by atoms with van der Waals surface area (Å²) in [6.07, 6.45) is 0. The minimum Gasteiger partial charge on any atom is -0.497 e. The van der Waals surface area contributed by atoms with Crippen molar-refractivity contribution in [3.8, 4) is 11.5 Å². The standard InChI is InChI=1S/C26H31N3O3S/c1-20(27-25(30)19-32-23-7-4-3-5-8-23)26(24-9-6-18-33-24)29-16-14-28(15-17-29)21-10-12-22(31-2)13-11-21/h3-13,18,20,26H,14-17,19H2,1-2H3,(H,27,30)/t20-,26+/m1/s1. The molecule has 0 aliphatic carbocycles. The summed E-state index contributed by atoms with van der Waals surface area (Å²) in [5.74, 6) is 1.46. The molecular weight excluding hydrogens is 434 g/mol. The first-order chi connectivity index (χ1) is 16.1. The number of thiophene rings is 1. The van der Waals surface area contributed by atoms with Gasteiger partial charge >= 0.3 is 0 Å². The summed E-state index contributed by atoms with van der Waals surface area (Å²) < 4.78 is 10.9. The Bertz CT molecular complexity index is 987. The Labute approximate surface area is 199 Å². The fourth-order valence-corrected chi connectivity index (χ4v) is 5.26. The fraction of sp³-hybridized carbons (Fsp3) is 0.346. The maximum atomic E-state index is 12.6. The molecule has 0 unspecified atom stereocenters. The van der Waals surface area contributed by atoms with Crippen molar-refractivity contribution in [3.05, 3.63) is 77.0 Å². The van der Waals surface area contributed by atoms with Crippen LogP contribution in [0.1, 0.15) is 17.8 Å². The second-order valence-electron chi connectivity index (χ2n) is 8.14. The van der Waals surface area contributed by atoms with Gasteiger partial charge in [0.1, 0.15) is 11.5 Å². The molecular formula is C26H31N3O3S. The van der Waals surface area contributed by atoms with Gasteiger partial charge in [-0.1, -0.05) is 24.3 Å². The Balaban J connectivity index is 1.36. The van der Waals surface area contributed by atoms with Gasteiger partial charge in [-0.3, -0.25) is 9.69 Å². The van der Waals surface area contributed by atoms with Crippen LogP contribution in [0.4, 0.5) is 5.69 Å². The van der Waals surface area contributed by atoms with E-state index in [1.165, 1.54) is 10.6 Å². The van der Waals surface area contributed by atoms with E-state index in [0.717, 1.165) is 31.9 Å². The number of carbonyl (C=O) groups excluding carboxylic acids is 1.